The molecule has 1 unspecified atom stereocenters. The van der Waals surface area contributed by atoms with Gasteiger partial charge in [-0.2, -0.15) is 5.10 Å². The Morgan fingerprint density at radius 2 is 2.28 bits per heavy atom. The van der Waals surface area contributed by atoms with Gasteiger partial charge < -0.3 is 10.5 Å². The zero-order valence-corrected chi connectivity index (χ0v) is 10.7. The van der Waals surface area contributed by atoms with Gasteiger partial charge in [-0.05, 0) is 24.6 Å². The second kappa shape index (κ2) is 4.14. The zero-order valence-electron chi connectivity index (χ0n) is 10.7. The molecule has 1 aliphatic carbocycles. The number of benzene rings is 1. The van der Waals surface area contributed by atoms with E-state index in [1.54, 1.807) is 7.11 Å². The van der Waals surface area contributed by atoms with Gasteiger partial charge in [0.1, 0.15) is 5.75 Å². The first kappa shape index (κ1) is 11.3. The monoisotopic (exact) mass is 243 g/mol. The highest BCUT2D eigenvalue weighted by Crippen LogP contribution is 2.38. The molecule has 0 fully saturated rings. The molecular formula is C14H17N3O. The van der Waals surface area contributed by atoms with Crippen LogP contribution < -0.4 is 10.5 Å². The van der Waals surface area contributed by atoms with E-state index in [2.05, 4.69) is 17.2 Å². The van der Waals surface area contributed by atoms with Crippen molar-refractivity contribution in [2.75, 3.05) is 7.11 Å². The molecule has 0 bridgehead atoms. The van der Waals surface area contributed by atoms with Crippen LogP contribution in [0.15, 0.2) is 24.4 Å². The summed E-state index contributed by atoms with van der Waals surface area (Å²) in [5, 5.41) is 4.43. The Hall–Kier alpha value is -1.81. The van der Waals surface area contributed by atoms with E-state index < -0.39 is 0 Å². The predicted molar refractivity (Wildman–Crippen MR) is 70.7 cm³/mol. The normalized spacial score (nSPS) is 14.2. The van der Waals surface area contributed by atoms with Gasteiger partial charge in [0.15, 0.2) is 0 Å². The standard InChI is InChI=1S/C14H17N3O/c1-9(15)8-17-14-11(7-16-17)5-10-3-4-12(18-2)6-13(10)14/h3-4,6-7,9H,5,8,15H2,1-2H3. The highest BCUT2D eigenvalue weighted by Gasteiger charge is 2.24. The van der Waals surface area contributed by atoms with Crippen molar-refractivity contribution in [3.63, 3.8) is 0 Å². The minimum atomic E-state index is 0.101. The quantitative estimate of drug-likeness (QED) is 0.763. The number of aromatic nitrogens is 2. The van der Waals surface area contributed by atoms with Crippen LogP contribution >= 0.6 is 0 Å². The maximum atomic E-state index is 5.87. The zero-order chi connectivity index (χ0) is 12.7. The molecule has 18 heavy (non-hydrogen) atoms. The van der Waals surface area contributed by atoms with E-state index in [0.29, 0.717) is 0 Å². The summed E-state index contributed by atoms with van der Waals surface area (Å²) in [6, 6.07) is 6.32. The largest absolute Gasteiger partial charge is 0.497 e. The molecule has 4 heteroatoms. The fraction of sp³-hybridized carbons (Fsp3) is 0.357. The summed E-state index contributed by atoms with van der Waals surface area (Å²) >= 11 is 0. The van der Waals surface area contributed by atoms with Gasteiger partial charge in [0.2, 0.25) is 0 Å². The fourth-order valence-electron chi connectivity index (χ4n) is 2.54. The summed E-state index contributed by atoms with van der Waals surface area (Å²) in [5.41, 5.74) is 10.9. The Labute approximate surface area is 106 Å². The molecule has 4 nitrogen and oxygen atoms in total. The third kappa shape index (κ3) is 1.69. The molecule has 0 radical (unpaired) electrons. The maximum Gasteiger partial charge on any atom is 0.119 e. The van der Waals surface area contributed by atoms with Crippen LogP contribution in [0.1, 0.15) is 18.1 Å². The van der Waals surface area contributed by atoms with E-state index in [1.165, 1.54) is 22.4 Å². The van der Waals surface area contributed by atoms with Gasteiger partial charge in [0, 0.05) is 23.6 Å². The predicted octanol–water partition coefficient (Wildman–Crippen LogP) is 1.81. The molecule has 1 atom stereocenters. The summed E-state index contributed by atoms with van der Waals surface area (Å²) < 4.78 is 7.30. The lowest BCUT2D eigenvalue weighted by atomic mass is 10.1. The van der Waals surface area contributed by atoms with E-state index in [1.807, 2.05) is 23.9 Å². The molecule has 0 saturated carbocycles. The smallest absolute Gasteiger partial charge is 0.119 e. The molecule has 0 amide bonds. The van der Waals surface area contributed by atoms with Gasteiger partial charge in [-0.3, -0.25) is 4.68 Å². The second-order valence-corrected chi connectivity index (χ2v) is 4.88. The van der Waals surface area contributed by atoms with Crippen LogP contribution in [0.25, 0.3) is 11.3 Å². The third-order valence-corrected chi connectivity index (χ3v) is 3.33. The number of ether oxygens (including phenoxy) is 1. The number of hydrogen-bond donors (Lipinski definition) is 1. The lowest BCUT2D eigenvalue weighted by Gasteiger charge is -2.10. The maximum absolute atomic E-state index is 5.87. The van der Waals surface area contributed by atoms with Gasteiger partial charge in [-0.15, -0.1) is 0 Å². The van der Waals surface area contributed by atoms with Crippen molar-refractivity contribution < 1.29 is 4.74 Å². The number of nitrogens with zero attached hydrogens (tertiary/aromatic N) is 2. The number of fused-ring (bicyclic) bond motifs is 3. The summed E-state index contributed by atoms with van der Waals surface area (Å²) in [6.07, 6.45) is 2.90. The van der Waals surface area contributed by atoms with Crippen LogP contribution in [0.4, 0.5) is 0 Å². The molecular weight excluding hydrogens is 226 g/mol. The van der Waals surface area contributed by atoms with Gasteiger partial charge in [0.05, 0.1) is 25.5 Å². The average molecular weight is 243 g/mol. The molecule has 0 saturated heterocycles. The summed E-state index contributed by atoms with van der Waals surface area (Å²) in [6.45, 7) is 2.74. The Kier molecular flexibility index (Phi) is 2.59. The minimum absolute atomic E-state index is 0.101. The number of nitrogens with two attached hydrogens (primary N) is 1. The van der Waals surface area contributed by atoms with Gasteiger partial charge >= 0.3 is 0 Å². The van der Waals surface area contributed by atoms with Crippen molar-refractivity contribution in [2.24, 2.45) is 5.73 Å². The van der Waals surface area contributed by atoms with Crippen molar-refractivity contribution in [1.29, 1.82) is 0 Å². The first-order chi connectivity index (χ1) is 8.69. The molecule has 2 aromatic rings. The van der Waals surface area contributed by atoms with Gasteiger partial charge in [-0.25, -0.2) is 0 Å². The van der Waals surface area contributed by atoms with Crippen LogP contribution in [0, 0.1) is 0 Å². The van der Waals surface area contributed by atoms with Crippen LogP contribution in [-0.2, 0) is 13.0 Å². The molecule has 94 valence electrons. The van der Waals surface area contributed by atoms with Crippen molar-refractivity contribution in [2.45, 2.75) is 25.9 Å². The van der Waals surface area contributed by atoms with Crippen molar-refractivity contribution in [1.82, 2.24) is 9.78 Å². The number of hydrogen-bond acceptors (Lipinski definition) is 3. The second-order valence-electron chi connectivity index (χ2n) is 4.88. The lowest BCUT2D eigenvalue weighted by molar-refractivity contribution is 0.415. The van der Waals surface area contributed by atoms with Gasteiger partial charge in [-0.1, -0.05) is 6.07 Å². The van der Waals surface area contributed by atoms with E-state index in [-0.39, 0.29) is 6.04 Å². The molecule has 0 spiro atoms. The van der Waals surface area contributed by atoms with Gasteiger partial charge in [0.25, 0.3) is 0 Å². The number of rotatable bonds is 3. The van der Waals surface area contributed by atoms with E-state index in [0.717, 1.165) is 18.7 Å². The Morgan fingerprint density at radius 1 is 1.44 bits per heavy atom. The molecule has 1 aliphatic rings. The SMILES string of the molecule is COc1ccc2c(c1)-c1c(cnn1CC(C)N)C2. The highest BCUT2D eigenvalue weighted by atomic mass is 16.5. The molecule has 3 rings (SSSR count). The van der Waals surface area contributed by atoms with Crippen LogP contribution in [0.5, 0.6) is 5.75 Å². The average Bonchev–Trinajstić information content (AvgIpc) is 2.88. The molecule has 1 aromatic carbocycles. The van der Waals surface area contributed by atoms with Crippen LogP contribution in [0.2, 0.25) is 0 Å². The summed E-state index contributed by atoms with van der Waals surface area (Å²) in [4.78, 5) is 0. The van der Waals surface area contributed by atoms with Crippen LogP contribution in [-0.4, -0.2) is 22.9 Å². The first-order valence-electron chi connectivity index (χ1n) is 6.16. The molecule has 1 aromatic heterocycles. The topological polar surface area (TPSA) is 53.1 Å². The molecule has 2 N–H and O–H groups in total. The molecule has 0 aliphatic heterocycles. The Morgan fingerprint density at radius 3 is 3.00 bits per heavy atom. The summed E-state index contributed by atoms with van der Waals surface area (Å²) in [7, 11) is 1.69. The lowest BCUT2D eigenvalue weighted by Crippen LogP contribution is -2.23. The van der Waals surface area contributed by atoms with Crippen molar-refractivity contribution >= 4 is 0 Å². The highest BCUT2D eigenvalue weighted by molar-refractivity contribution is 5.75. The van der Waals surface area contributed by atoms with Crippen molar-refractivity contribution in [3.8, 4) is 17.0 Å². The van der Waals surface area contributed by atoms with Crippen molar-refractivity contribution in [3.05, 3.63) is 35.5 Å². The van der Waals surface area contributed by atoms with E-state index in [9.17, 15) is 0 Å². The minimum Gasteiger partial charge on any atom is -0.497 e. The fourth-order valence-corrected chi connectivity index (χ4v) is 2.54. The van der Waals surface area contributed by atoms with Crippen LogP contribution in [0.3, 0.4) is 0 Å². The van der Waals surface area contributed by atoms with E-state index >= 15 is 0 Å². The Bertz CT molecular complexity index is 587. The summed E-state index contributed by atoms with van der Waals surface area (Å²) in [5.74, 6) is 0.884. The molecule has 1 heterocycles. The third-order valence-electron chi connectivity index (χ3n) is 3.33. The number of methoxy groups -OCH3 is 1. The van der Waals surface area contributed by atoms with E-state index in [4.69, 9.17) is 10.5 Å². The Balaban J connectivity index is 2.09. The first-order valence-corrected chi connectivity index (χ1v) is 6.16.